The molecule has 0 spiro atoms. The summed E-state index contributed by atoms with van der Waals surface area (Å²) >= 11 is 0. The molecule has 3 nitrogen and oxygen atoms in total. The summed E-state index contributed by atoms with van der Waals surface area (Å²) in [5.74, 6) is -0.0674. The predicted octanol–water partition coefficient (Wildman–Crippen LogP) is 3.75. The Hall–Kier alpha value is -2.13. The maximum atomic E-state index is 12.8. The van der Waals surface area contributed by atoms with Crippen LogP contribution in [-0.4, -0.2) is 29.0 Å². The molecule has 128 valence electrons. The Kier molecular flexibility index (Phi) is 6.16. The molecule has 0 aliphatic rings. The number of benzene rings is 2. The van der Waals surface area contributed by atoms with Crippen LogP contribution >= 0.6 is 0 Å². The standard InChI is InChI=1S/C21H27NO2/c1-15-10-8-9-13-19(15)14-16(2)21(24)22(4)17(3)20(23)18-11-6-5-7-12-18/h5-13,16-17,20,23H,14H2,1-4H3/t16-,17+,20-/m1/s1. The first kappa shape index (κ1) is 18.2. The molecule has 24 heavy (non-hydrogen) atoms. The van der Waals surface area contributed by atoms with Crippen LogP contribution in [0.4, 0.5) is 0 Å². The number of amides is 1. The highest BCUT2D eigenvalue weighted by Gasteiger charge is 2.27. The summed E-state index contributed by atoms with van der Waals surface area (Å²) in [6, 6.07) is 17.4. The largest absolute Gasteiger partial charge is 0.386 e. The Morgan fingerprint density at radius 1 is 1.04 bits per heavy atom. The second-order valence-corrected chi connectivity index (χ2v) is 6.58. The lowest BCUT2D eigenvalue weighted by molar-refractivity contribution is -0.137. The van der Waals surface area contributed by atoms with Crippen molar-refractivity contribution in [3.8, 4) is 0 Å². The van der Waals surface area contributed by atoms with E-state index in [4.69, 9.17) is 0 Å². The van der Waals surface area contributed by atoms with Crippen LogP contribution in [0.2, 0.25) is 0 Å². The van der Waals surface area contributed by atoms with Crippen molar-refractivity contribution in [2.45, 2.75) is 39.3 Å². The van der Waals surface area contributed by atoms with E-state index in [1.165, 1.54) is 11.1 Å². The quantitative estimate of drug-likeness (QED) is 0.878. The van der Waals surface area contributed by atoms with E-state index >= 15 is 0 Å². The van der Waals surface area contributed by atoms with Gasteiger partial charge in [-0.3, -0.25) is 4.79 Å². The van der Waals surface area contributed by atoms with Crippen LogP contribution in [0.3, 0.4) is 0 Å². The second-order valence-electron chi connectivity index (χ2n) is 6.58. The first-order valence-electron chi connectivity index (χ1n) is 8.46. The minimum absolute atomic E-state index is 0.0562. The van der Waals surface area contributed by atoms with Gasteiger partial charge in [0.25, 0.3) is 0 Å². The maximum Gasteiger partial charge on any atom is 0.225 e. The van der Waals surface area contributed by atoms with Crippen molar-refractivity contribution < 1.29 is 9.90 Å². The summed E-state index contributed by atoms with van der Waals surface area (Å²) < 4.78 is 0. The molecule has 2 aromatic carbocycles. The number of aliphatic hydroxyl groups excluding tert-OH is 1. The summed E-state index contributed by atoms with van der Waals surface area (Å²) in [6.45, 7) is 5.90. The molecule has 0 aromatic heterocycles. The van der Waals surface area contributed by atoms with Crippen LogP contribution in [0.15, 0.2) is 54.6 Å². The Morgan fingerprint density at radius 3 is 2.25 bits per heavy atom. The number of carbonyl (C=O) groups excluding carboxylic acids is 1. The topological polar surface area (TPSA) is 40.5 Å². The molecule has 0 unspecified atom stereocenters. The Balaban J connectivity index is 2.04. The van der Waals surface area contributed by atoms with Crippen LogP contribution in [0.25, 0.3) is 0 Å². The van der Waals surface area contributed by atoms with Crippen molar-refractivity contribution in [3.63, 3.8) is 0 Å². The van der Waals surface area contributed by atoms with Crippen molar-refractivity contribution in [2.75, 3.05) is 7.05 Å². The number of hydrogen-bond acceptors (Lipinski definition) is 2. The zero-order valence-corrected chi connectivity index (χ0v) is 14.9. The van der Waals surface area contributed by atoms with Gasteiger partial charge in [-0.05, 0) is 37.0 Å². The first-order chi connectivity index (χ1) is 11.4. The average Bonchev–Trinajstić information content (AvgIpc) is 2.61. The molecule has 1 amide bonds. The fraction of sp³-hybridized carbons (Fsp3) is 0.381. The lowest BCUT2D eigenvalue weighted by atomic mass is 9.95. The molecule has 0 saturated heterocycles. The number of aliphatic hydroxyl groups is 1. The van der Waals surface area contributed by atoms with Crippen LogP contribution in [0, 0.1) is 12.8 Å². The van der Waals surface area contributed by atoms with Gasteiger partial charge >= 0.3 is 0 Å². The summed E-state index contributed by atoms with van der Waals surface area (Å²) in [6.07, 6.45) is 0.0232. The zero-order chi connectivity index (χ0) is 17.7. The van der Waals surface area contributed by atoms with Gasteiger partial charge in [0.15, 0.2) is 0 Å². The molecule has 0 fully saturated rings. The van der Waals surface area contributed by atoms with E-state index in [0.717, 1.165) is 5.56 Å². The van der Waals surface area contributed by atoms with E-state index < -0.39 is 6.10 Å². The molecule has 0 aliphatic heterocycles. The van der Waals surface area contributed by atoms with E-state index in [0.29, 0.717) is 6.42 Å². The van der Waals surface area contributed by atoms with Crippen LogP contribution in [0.1, 0.15) is 36.6 Å². The summed E-state index contributed by atoms with van der Waals surface area (Å²) in [5.41, 5.74) is 3.23. The molecule has 1 N–H and O–H groups in total. The number of likely N-dealkylation sites (N-methyl/N-ethyl adjacent to an activating group) is 1. The van der Waals surface area contributed by atoms with Gasteiger partial charge in [0.1, 0.15) is 0 Å². The van der Waals surface area contributed by atoms with Gasteiger partial charge in [-0.1, -0.05) is 61.5 Å². The normalized spacial score (nSPS) is 14.7. The summed E-state index contributed by atoms with van der Waals surface area (Å²) in [4.78, 5) is 14.4. The molecule has 3 atom stereocenters. The molecule has 0 saturated carbocycles. The highest BCUT2D eigenvalue weighted by Crippen LogP contribution is 2.22. The van der Waals surface area contributed by atoms with Gasteiger partial charge in [-0.25, -0.2) is 0 Å². The van der Waals surface area contributed by atoms with Crippen molar-refractivity contribution >= 4 is 5.91 Å². The van der Waals surface area contributed by atoms with Gasteiger partial charge in [0.2, 0.25) is 5.91 Å². The van der Waals surface area contributed by atoms with Crippen LogP contribution < -0.4 is 0 Å². The smallest absolute Gasteiger partial charge is 0.225 e. The molecule has 0 bridgehead atoms. The minimum atomic E-state index is -0.689. The molecule has 2 rings (SSSR count). The highest BCUT2D eigenvalue weighted by molar-refractivity contribution is 5.79. The van der Waals surface area contributed by atoms with Crippen LogP contribution in [0.5, 0.6) is 0 Å². The van der Waals surface area contributed by atoms with Gasteiger partial charge in [-0.2, -0.15) is 0 Å². The van der Waals surface area contributed by atoms with Gasteiger partial charge in [0.05, 0.1) is 12.1 Å². The fourth-order valence-corrected chi connectivity index (χ4v) is 2.95. The van der Waals surface area contributed by atoms with Gasteiger partial charge in [0, 0.05) is 13.0 Å². The molecular weight excluding hydrogens is 298 g/mol. The Labute approximate surface area is 144 Å². The number of hydrogen-bond donors (Lipinski definition) is 1. The zero-order valence-electron chi connectivity index (χ0n) is 14.9. The third kappa shape index (κ3) is 4.24. The lowest BCUT2D eigenvalue weighted by Gasteiger charge is -2.31. The molecule has 0 heterocycles. The molecular formula is C21H27NO2. The maximum absolute atomic E-state index is 12.8. The summed E-state index contributed by atoms with van der Waals surface area (Å²) in [7, 11) is 1.77. The number of carbonyl (C=O) groups is 1. The van der Waals surface area contributed by atoms with Gasteiger partial charge in [-0.15, -0.1) is 0 Å². The molecule has 2 aromatic rings. The monoisotopic (exact) mass is 325 g/mol. The Morgan fingerprint density at radius 2 is 1.62 bits per heavy atom. The number of rotatable bonds is 6. The van der Waals surface area contributed by atoms with E-state index in [1.54, 1.807) is 11.9 Å². The average molecular weight is 325 g/mol. The third-order valence-electron chi connectivity index (χ3n) is 4.77. The summed E-state index contributed by atoms with van der Waals surface area (Å²) in [5, 5.41) is 10.5. The van der Waals surface area contributed by atoms with Crippen molar-refractivity contribution in [1.82, 2.24) is 4.90 Å². The number of nitrogens with zero attached hydrogens (tertiary/aromatic N) is 1. The van der Waals surface area contributed by atoms with Crippen molar-refractivity contribution in [2.24, 2.45) is 5.92 Å². The van der Waals surface area contributed by atoms with Crippen molar-refractivity contribution in [1.29, 1.82) is 0 Å². The SMILES string of the molecule is Cc1ccccc1C[C@@H](C)C(=O)N(C)[C@@H](C)[C@@H](O)c1ccccc1. The van der Waals surface area contributed by atoms with Gasteiger partial charge < -0.3 is 10.0 Å². The second kappa shape index (κ2) is 8.11. The van der Waals surface area contributed by atoms with E-state index in [2.05, 4.69) is 19.1 Å². The highest BCUT2D eigenvalue weighted by atomic mass is 16.3. The molecule has 0 radical (unpaired) electrons. The number of aryl methyl sites for hydroxylation is 1. The first-order valence-corrected chi connectivity index (χ1v) is 8.46. The van der Waals surface area contributed by atoms with E-state index in [1.807, 2.05) is 56.3 Å². The van der Waals surface area contributed by atoms with Crippen molar-refractivity contribution in [3.05, 3.63) is 71.3 Å². The predicted molar refractivity (Wildman–Crippen MR) is 97.7 cm³/mol. The minimum Gasteiger partial charge on any atom is -0.386 e. The lowest BCUT2D eigenvalue weighted by Crippen LogP contribution is -2.42. The fourth-order valence-electron chi connectivity index (χ4n) is 2.95. The van der Waals surface area contributed by atoms with E-state index in [9.17, 15) is 9.90 Å². The molecule has 0 aliphatic carbocycles. The van der Waals surface area contributed by atoms with E-state index in [-0.39, 0.29) is 17.9 Å². The Bertz CT molecular complexity index is 669. The molecule has 3 heteroatoms. The van der Waals surface area contributed by atoms with Crippen LogP contribution in [-0.2, 0) is 11.2 Å². The third-order valence-corrected chi connectivity index (χ3v) is 4.77.